The number of ether oxygens (including phenoxy) is 2. The molecule has 1 aliphatic carbocycles. The minimum absolute atomic E-state index is 0.326. The number of methoxy groups -OCH3 is 2. The molecule has 4 rings (SSSR count). The Labute approximate surface area is 211 Å². The van der Waals surface area contributed by atoms with Crippen LogP contribution in [0.5, 0.6) is 0 Å². The summed E-state index contributed by atoms with van der Waals surface area (Å²) in [5.41, 5.74) is 2.95. The molecule has 0 spiro atoms. The Hall–Kier alpha value is -3.16. The van der Waals surface area contributed by atoms with Crippen molar-refractivity contribution in [1.82, 2.24) is 9.19 Å². The van der Waals surface area contributed by atoms with Gasteiger partial charge in [0.1, 0.15) is 0 Å². The summed E-state index contributed by atoms with van der Waals surface area (Å²) in [5.74, 6) is -2.36. The molecule has 2 aromatic carbocycles. The third-order valence-corrected chi connectivity index (χ3v) is 8.59. The van der Waals surface area contributed by atoms with Crippen molar-refractivity contribution in [1.29, 1.82) is 0 Å². The number of hydrogen-bond donors (Lipinski definition) is 0. The molecule has 0 N–H and O–H groups in total. The van der Waals surface area contributed by atoms with Gasteiger partial charge in [0.2, 0.25) is 0 Å². The number of esters is 2. The van der Waals surface area contributed by atoms with Crippen molar-refractivity contribution < 1.29 is 19.1 Å². The van der Waals surface area contributed by atoms with Gasteiger partial charge in [-0.25, -0.2) is 0 Å². The zero-order chi connectivity index (χ0) is 25.3. The number of anilines is 2. The van der Waals surface area contributed by atoms with Gasteiger partial charge in [-0.2, -0.15) is 0 Å². The second-order valence-electron chi connectivity index (χ2n) is 9.10. The van der Waals surface area contributed by atoms with Gasteiger partial charge in [0, 0.05) is 0 Å². The van der Waals surface area contributed by atoms with Gasteiger partial charge in [0.15, 0.2) is 0 Å². The van der Waals surface area contributed by atoms with Crippen LogP contribution in [0, 0.1) is 5.41 Å². The van der Waals surface area contributed by atoms with E-state index in [2.05, 4.69) is 9.19 Å². The molecule has 8 nitrogen and oxygen atoms in total. The van der Waals surface area contributed by atoms with Crippen LogP contribution in [0.4, 0.5) is 11.4 Å². The number of nitrogens with zero attached hydrogens (tertiary/aromatic N) is 4. The van der Waals surface area contributed by atoms with E-state index < -0.39 is 29.2 Å². The fraction of sp³-hybridized carbons (Fsp3) is 0.385. The van der Waals surface area contributed by atoms with Crippen molar-refractivity contribution in [2.45, 2.75) is 18.3 Å². The molecule has 0 radical (unpaired) electrons. The zero-order valence-corrected chi connectivity index (χ0v) is 22.5. The van der Waals surface area contributed by atoms with Crippen LogP contribution in [-0.2, 0) is 25.5 Å². The van der Waals surface area contributed by atoms with E-state index in [4.69, 9.17) is 9.47 Å². The second-order valence-corrected chi connectivity index (χ2v) is 10.7. The Morgan fingerprint density at radius 2 is 1.34 bits per heavy atom. The molecule has 0 saturated heterocycles. The monoisotopic (exact) mass is 542 g/mol. The molecule has 0 aliphatic heterocycles. The SMILES string of the molecule is COC(=O)C1(C(=O)OC)C(c2ccc(N(C)C)cc2)Cc2nn[se]c2C1c1ccc(N(C)C)cc1. The van der Waals surface area contributed by atoms with Gasteiger partial charge in [-0.3, -0.25) is 0 Å². The Balaban J connectivity index is 1.99. The van der Waals surface area contributed by atoms with Gasteiger partial charge in [0.25, 0.3) is 0 Å². The summed E-state index contributed by atoms with van der Waals surface area (Å²) < 4.78 is 16.0. The number of aromatic nitrogens is 2. The molecule has 3 aromatic rings. The quantitative estimate of drug-likeness (QED) is 0.268. The predicted octanol–water partition coefficient (Wildman–Crippen LogP) is 2.47. The van der Waals surface area contributed by atoms with E-state index in [0.717, 1.165) is 32.6 Å². The Kier molecular flexibility index (Phi) is 7.01. The average molecular weight is 542 g/mol. The van der Waals surface area contributed by atoms with E-state index in [-0.39, 0.29) is 14.7 Å². The van der Waals surface area contributed by atoms with Gasteiger partial charge in [-0.05, 0) is 0 Å². The molecule has 0 amide bonds. The summed E-state index contributed by atoms with van der Waals surface area (Å²) in [7, 11) is 10.5. The summed E-state index contributed by atoms with van der Waals surface area (Å²) >= 11 is -0.326. The first-order valence-corrected chi connectivity index (χ1v) is 12.9. The summed E-state index contributed by atoms with van der Waals surface area (Å²) in [6.45, 7) is 0. The third-order valence-electron chi connectivity index (χ3n) is 6.85. The maximum atomic E-state index is 13.8. The molecule has 0 saturated carbocycles. The van der Waals surface area contributed by atoms with Crippen LogP contribution in [-0.4, -0.2) is 78.3 Å². The van der Waals surface area contributed by atoms with Crippen LogP contribution in [0.1, 0.15) is 33.1 Å². The number of carbonyl (C=O) groups excluding carboxylic acids is 2. The molecule has 2 unspecified atom stereocenters. The van der Waals surface area contributed by atoms with Crippen LogP contribution in [0.3, 0.4) is 0 Å². The third kappa shape index (κ3) is 4.13. The van der Waals surface area contributed by atoms with E-state index in [1.807, 2.05) is 86.5 Å². The number of carbonyl (C=O) groups is 2. The summed E-state index contributed by atoms with van der Waals surface area (Å²) in [6.07, 6.45) is 0.401. The fourth-order valence-electron chi connectivity index (χ4n) is 5.04. The van der Waals surface area contributed by atoms with Gasteiger partial charge in [0.05, 0.1) is 0 Å². The molecule has 1 aromatic heterocycles. The van der Waals surface area contributed by atoms with Crippen LogP contribution in [0.15, 0.2) is 48.5 Å². The molecule has 1 heterocycles. The first-order chi connectivity index (χ1) is 16.7. The first-order valence-electron chi connectivity index (χ1n) is 11.3. The number of hydrogen-bond acceptors (Lipinski definition) is 8. The molecule has 35 heavy (non-hydrogen) atoms. The van der Waals surface area contributed by atoms with Crippen molar-refractivity contribution in [3.8, 4) is 0 Å². The molecule has 2 atom stereocenters. The zero-order valence-electron chi connectivity index (χ0n) is 20.8. The number of benzene rings is 2. The van der Waals surface area contributed by atoms with Crippen LogP contribution in [0.2, 0.25) is 0 Å². The minimum atomic E-state index is -1.61. The van der Waals surface area contributed by atoms with Gasteiger partial charge >= 0.3 is 212 Å². The van der Waals surface area contributed by atoms with E-state index in [1.54, 1.807) is 0 Å². The van der Waals surface area contributed by atoms with Crippen molar-refractivity contribution in [3.05, 3.63) is 69.8 Å². The molecule has 184 valence electrons. The molecular weight excluding hydrogens is 511 g/mol. The number of fused-ring (bicyclic) bond motifs is 1. The summed E-state index contributed by atoms with van der Waals surface area (Å²) in [6, 6.07) is 15.8. The average Bonchev–Trinajstić information content (AvgIpc) is 3.34. The van der Waals surface area contributed by atoms with Crippen molar-refractivity contribution in [3.63, 3.8) is 0 Å². The van der Waals surface area contributed by atoms with E-state index in [0.29, 0.717) is 6.42 Å². The Morgan fingerprint density at radius 3 is 1.80 bits per heavy atom. The van der Waals surface area contributed by atoms with E-state index in [1.165, 1.54) is 14.2 Å². The maximum absolute atomic E-state index is 13.8. The standard InChI is InChI=1S/C26H30N4O4Se/c1-29(2)18-11-7-16(8-12-18)20-15-21-23(35-28-27-21)22(17-9-13-19(14-10-17)30(3)4)26(20,24(31)33-5)25(32)34-6/h7-14,20,22H,15H2,1-6H3. The Morgan fingerprint density at radius 1 is 0.857 bits per heavy atom. The fourth-order valence-corrected chi connectivity index (χ4v) is 6.90. The summed E-state index contributed by atoms with van der Waals surface area (Å²) in [5, 5.41) is 4.45. The summed E-state index contributed by atoms with van der Waals surface area (Å²) in [4.78, 5) is 31.6. The normalized spacial score (nSPS) is 18.3. The molecule has 1 aliphatic rings. The predicted molar refractivity (Wildman–Crippen MR) is 135 cm³/mol. The topological polar surface area (TPSA) is 84.9 Å². The van der Waals surface area contributed by atoms with Crippen molar-refractivity contribution >= 4 is 38.0 Å². The van der Waals surface area contributed by atoms with Gasteiger partial charge in [-0.15, -0.1) is 0 Å². The van der Waals surface area contributed by atoms with Gasteiger partial charge in [-0.1, -0.05) is 0 Å². The second kappa shape index (κ2) is 9.83. The van der Waals surface area contributed by atoms with Crippen molar-refractivity contribution in [2.24, 2.45) is 5.41 Å². The van der Waals surface area contributed by atoms with E-state index in [9.17, 15) is 9.59 Å². The molecular formula is C26H30N4O4Se. The van der Waals surface area contributed by atoms with Gasteiger partial charge < -0.3 is 0 Å². The molecule has 0 fully saturated rings. The van der Waals surface area contributed by atoms with Crippen molar-refractivity contribution in [2.75, 3.05) is 52.2 Å². The number of rotatable bonds is 6. The molecule has 9 heteroatoms. The van der Waals surface area contributed by atoms with Crippen LogP contribution >= 0.6 is 0 Å². The van der Waals surface area contributed by atoms with E-state index >= 15 is 0 Å². The van der Waals surface area contributed by atoms with Crippen LogP contribution < -0.4 is 9.80 Å². The first kappa shape index (κ1) is 24.9. The molecule has 0 bridgehead atoms. The van der Waals surface area contributed by atoms with Crippen LogP contribution in [0.25, 0.3) is 0 Å². The Bertz CT molecular complexity index is 1190.